The lowest BCUT2D eigenvalue weighted by Crippen LogP contribution is -2.48. The Morgan fingerprint density at radius 2 is 1.59 bits per heavy atom. The van der Waals surface area contributed by atoms with Gasteiger partial charge in [0.25, 0.3) is 0 Å². The minimum absolute atomic E-state index is 0.296. The fourth-order valence-electron chi connectivity index (χ4n) is 3.54. The molecular weight excluding hydrogens is 431 g/mol. The second-order valence-corrected chi connectivity index (χ2v) is 9.56. The Hall–Kier alpha value is -1.99. The molecule has 0 unspecified atom stereocenters. The highest BCUT2D eigenvalue weighted by atomic mass is 35.5. The standard InChI is InChI=1S/C21H20Cl2N2O3S/c1-28-17-7-5-16-14-18(8-6-15(16)13-17)29(26,27)25-11-9-24(10-12-25)20-4-2-3-19(22)21(20)23/h2-8,13-14H,9-12H2,1H3. The van der Waals surface area contributed by atoms with E-state index in [2.05, 4.69) is 4.90 Å². The third-order valence-corrected chi connectivity index (χ3v) is 7.87. The Balaban J connectivity index is 1.54. The van der Waals surface area contributed by atoms with E-state index in [9.17, 15) is 8.42 Å². The molecule has 0 radical (unpaired) electrons. The number of nitrogens with zero attached hydrogens (tertiary/aromatic N) is 2. The minimum Gasteiger partial charge on any atom is -0.497 e. The number of fused-ring (bicyclic) bond motifs is 1. The summed E-state index contributed by atoms with van der Waals surface area (Å²) < 4.78 is 33.1. The number of halogens is 2. The molecule has 0 aromatic heterocycles. The summed E-state index contributed by atoms with van der Waals surface area (Å²) in [5, 5.41) is 2.78. The zero-order valence-corrected chi connectivity index (χ0v) is 18.1. The largest absolute Gasteiger partial charge is 0.497 e. The number of ether oxygens (including phenoxy) is 1. The van der Waals surface area contributed by atoms with Crippen molar-refractivity contribution in [3.05, 3.63) is 64.6 Å². The van der Waals surface area contributed by atoms with Crippen LogP contribution in [0, 0.1) is 0 Å². The second kappa shape index (κ2) is 8.03. The van der Waals surface area contributed by atoms with E-state index >= 15 is 0 Å². The number of hydrogen-bond donors (Lipinski definition) is 0. The van der Waals surface area contributed by atoms with Gasteiger partial charge in [-0.1, -0.05) is 41.4 Å². The summed E-state index contributed by atoms with van der Waals surface area (Å²) in [6.07, 6.45) is 0. The van der Waals surface area contributed by atoms with Crippen LogP contribution in [0.3, 0.4) is 0 Å². The molecule has 4 rings (SSSR count). The zero-order chi connectivity index (χ0) is 20.6. The van der Waals surface area contributed by atoms with Gasteiger partial charge in [-0.3, -0.25) is 0 Å². The SMILES string of the molecule is COc1ccc2cc(S(=O)(=O)N3CCN(c4cccc(Cl)c4Cl)CC3)ccc2c1. The molecule has 1 aliphatic heterocycles. The molecule has 29 heavy (non-hydrogen) atoms. The Labute approximate surface area is 180 Å². The van der Waals surface area contributed by atoms with Crippen molar-refractivity contribution in [3.63, 3.8) is 0 Å². The van der Waals surface area contributed by atoms with E-state index in [4.69, 9.17) is 27.9 Å². The van der Waals surface area contributed by atoms with Gasteiger partial charge in [0.15, 0.2) is 0 Å². The number of benzene rings is 3. The Bertz CT molecular complexity index is 1160. The van der Waals surface area contributed by atoms with Gasteiger partial charge in [0.1, 0.15) is 5.75 Å². The van der Waals surface area contributed by atoms with E-state index in [1.807, 2.05) is 36.4 Å². The van der Waals surface area contributed by atoms with Gasteiger partial charge < -0.3 is 9.64 Å². The molecule has 1 heterocycles. The lowest BCUT2D eigenvalue weighted by Gasteiger charge is -2.35. The van der Waals surface area contributed by atoms with Crippen molar-refractivity contribution in [2.75, 3.05) is 38.2 Å². The monoisotopic (exact) mass is 450 g/mol. The van der Waals surface area contributed by atoms with E-state index < -0.39 is 10.0 Å². The van der Waals surface area contributed by atoms with E-state index in [0.29, 0.717) is 41.1 Å². The lowest BCUT2D eigenvalue weighted by molar-refractivity contribution is 0.385. The summed E-state index contributed by atoms with van der Waals surface area (Å²) in [5.74, 6) is 0.740. The molecule has 1 aliphatic rings. The maximum atomic E-state index is 13.2. The van der Waals surface area contributed by atoms with Crippen LogP contribution in [0.2, 0.25) is 10.0 Å². The van der Waals surface area contributed by atoms with Crippen molar-refractivity contribution in [3.8, 4) is 5.75 Å². The normalized spacial score (nSPS) is 15.6. The van der Waals surface area contributed by atoms with Gasteiger partial charge in [0.2, 0.25) is 10.0 Å². The summed E-state index contributed by atoms with van der Waals surface area (Å²) in [6.45, 7) is 1.85. The van der Waals surface area contributed by atoms with Crippen LogP contribution in [0.25, 0.3) is 10.8 Å². The van der Waals surface area contributed by atoms with E-state index in [1.54, 1.807) is 25.3 Å². The minimum atomic E-state index is -3.58. The molecule has 152 valence electrons. The summed E-state index contributed by atoms with van der Waals surface area (Å²) in [6, 6.07) is 16.2. The molecule has 0 N–H and O–H groups in total. The molecule has 1 fully saturated rings. The number of rotatable bonds is 4. The first kappa shape index (κ1) is 20.3. The lowest BCUT2D eigenvalue weighted by atomic mass is 10.1. The number of methoxy groups -OCH3 is 1. The van der Waals surface area contributed by atoms with Gasteiger partial charge >= 0.3 is 0 Å². The third-order valence-electron chi connectivity index (χ3n) is 5.17. The van der Waals surface area contributed by atoms with Gasteiger partial charge in [0.05, 0.1) is 27.7 Å². The van der Waals surface area contributed by atoms with Crippen LogP contribution in [0.5, 0.6) is 5.75 Å². The average Bonchev–Trinajstić information content (AvgIpc) is 2.75. The maximum absolute atomic E-state index is 13.2. The Kier molecular flexibility index (Phi) is 5.62. The highest BCUT2D eigenvalue weighted by molar-refractivity contribution is 7.89. The van der Waals surface area contributed by atoms with Crippen molar-refractivity contribution in [2.24, 2.45) is 0 Å². The van der Waals surface area contributed by atoms with Crippen LogP contribution in [-0.4, -0.2) is 46.0 Å². The van der Waals surface area contributed by atoms with Crippen molar-refractivity contribution in [1.82, 2.24) is 4.31 Å². The van der Waals surface area contributed by atoms with Gasteiger partial charge in [0, 0.05) is 26.2 Å². The van der Waals surface area contributed by atoms with Crippen molar-refractivity contribution < 1.29 is 13.2 Å². The van der Waals surface area contributed by atoms with Crippen molar-refractivity contribution in [1.29, 1.82) is 0 Å². The fourth-order valence-corrected chi connectivity index (χ4v) is 5.42. The summed E-state index contributed by atoms with van der Waals surface area (Å²) in [5.41, 5.74) is 0.830. The summed E-state index contributed by atoms with van der Waals surface area (Å²) >= 11 is 12.4. The first-order chi connectivity index (χ1) is 13.9. The summed E-state index contributed by atoms with van der Waals surface area (Å²) in [7, 11) is -1.97. The topological polar surface area (TPSA) is 49.9 Å². The molecule has 0 aliphatic carbocycles. The van der Waals surface area contributed by atoms with Crippen LogP contribution in [0.15, 0.2) is 59.5 Å². The summed E-state index contributed by atoms with van der Waals surface area (Å²) in [4.78, 5) is 2.36. The molecule has 0 spiro atoms. The first-order valence-electron chi connectivity index (χ1n) is 9.17. The Morgan fingerprint density at radius 3 is 2.31 bits per heavy atom. The Morgan fingerprint density at radius 1 is 0.897 bits per heavy atom. The predicted molar refractivity (Wildman–Crippen MR) is 118 cm³/mol. The zero-order valence-electron chi connectivity index (χ0n) is 15.8. The molecule has 0 saturated carbocycles. The van der Waals surface area contributed by atoms with Gasteiger partial charge in [-0.2, -0.15) is 4.31 Å². The van der Waals surface area contributed by atoms with E-state index in [1.165, 1.54) is 4.31 Å². The predicted octanol–water partition coefficient (Wildman–Crippen LogP) is 4.67. The highest BCUT2D eigenvalue weighted by Crippen LogP contribution is 2.33. The number of sulfonamides is 1. The quantitative estimate of drug-likeness (QED) is 0.579. The number of hydrogen-bond acceptors (Lipinski definition) is 4. The smallest absolute Gasteiger partial charge is 0.243 e. The van der Waals surface area contributed by atoms with Crippen LogP contribution in [-0.2, 0) is 10.0 Å². The average molecular weight is 451 g/mol. The van der Waals surface area contributed by atoms with Crippen molar-refractivity contribution in [2.45, 2.75) is 4.90 Å². The molecule has 0 bridgehead atoms. The van der Waals surface area contributed by atoms with E-state index in [-0.39, 0.29) is 0 Å². The van der Waals surface area contributed by atoms with Crippen molar-refractivity contribution >= 4 is 49.7 Å². The molecule has 8 heteroatoms. The number of anilines is 1. The van der Waals surface area contributed by atoms with Crippen LogP contribution in [0.1, 0.15) is 0 Å². The van der Waals surface area contributed by atoms with Crippen LogP contribution >= 0.6 is 23.2 Å². The molecule has 3 aromatic carbocycles. The molecule has 3 aromatic rings. The molecule has 0 amide bonds. The third kappa shape index (κ3) is 3.90. The second-order valence-electron chi connectivity index (χ2n) is 6.84. The molecular formula is C21H20Cl2N2O3S. The van der Waals surface area contributed by atoms with Gasteiger partial charge in [-0.25, -0.2) is 8.42 Å². The highest BCUT2D eigenvalue weighted by Gasteiger charge is 2.29. The van der Waals surface area contributed by atoms with Gasteiger partial charge in [-0.05, 0) is 47.2 Å². The maximum Gasteiger partial charge on any atom is 0.243 e. The fraction of sp³-hybridized carbons (Fsp3) is 0.238. The number of piperazine rings is 1. The van der Waals surface area contributed by atoms with E-state index in [0.717, 1.165) is 22.2 Å². The van der Waals surface area contributed by atoms with Crippen LogP contribution in [0.4, 0.5) is 5.69 Å². The molecule has 0 atom stereocenters. The van der Waals surface area contributed by atoms with Gasteiger partial charge in [-0.15, -0.1) is 0 Å². The molecule has 5 nitrogen and oxygen atoms in total. The first-order valence-corrected chi connectivity index (χ1v) is 11.4. The molecule has 1 saturated heterocycles. The van der Waals surface area contributed by atoms with Crippen LogP contribution < -0.4 is 9.64 Å².